The predicted molar refractivity (Wildman–Crippen MR) is 57.0 cm³/mol. The van der Waals surface area contributed by atoms with Gasteiger partial charge in [0.25, 0.3) is 0 Å². The van der Waals surface area contributed by atoms with Crippen LogP contribution in [0.5, 0.6) is 5.75 Å². The molecule has 0 saturated heterocycles. The van der Waals surface area contributed by atoms with Gasteiger partial charge in [-0.15, -0.1) is 0 Å². The van der Waals surface area contributed by atoms with E-state index in [2.05, 4.69) is 5.32 Å². The van der Waals surface area contributed by atoms with Crippen molar-refractivity contribution in [2.45, 2.75) is 13.0 Å². The average Bonchev–Trinajstić information content (AvgIpc) is 2.25. The number of carbonyl (C=O) groups is 1. The highest BCUT2D eigenvalue weighted by Crippen LogP contribution is 2.07. The van der Waals surface area contributed by atoms with Crippen LogP contribution in [0.1, 0.15) is 6.92 Å². The summed E-state index contributed by atoms with van der Waals surface area (Å²) >= 11 is 0. The Morgan fingerprint density at radius 3 is 2.73 bits per heavy atom. The van der Waals surface area contributed by atoms with E-state index >= 15 is 0 Å². The highest BCUT2D eigenvalue weighted by Gasteiger charge is 2.08. The Labute approximate surface area is 88.9 Å². The Morgan fingerprint density at radius 2 is 2.13 bits per heavy atom. The zero-order valence-corrected chi connectivity index (χ0v) is 8.64. The zero-order valence-electron chi connectivity index (χ0n) is 8.64. The highest BCUT2D eigenvalue weighted by molar-refractivity contribution is 5.72. The van der Waals surface area contributed by atoms with Gasteiger partial charge >= 0.3 is 5.97 Å². The number of carboxylic acids is 1. The van der Waals surface area contributed by atoms with Crippen molar-refractivity contribution >= 4 is 5.97 Å². The molecular weight excluding hydrogens is 194 g/mol. The van der Waals surface area contributed by atoms with E-state index < -0.39 is 12.0 Å². The monoisotopic (exact) mass is 209 g/mol. The first-order valence-electron chi connectivity index (χ1n) is 4.84. The van der Waals surface area contributed by atoms with Crippen molar-refractivity contribution < 1.29 is 14.6 Å². The molecule has 2 N–H and O–H groups in total. The fourth-order valence-corrected chi connectivity index (χ4v) is 1.05. The van der Waals surface area contributed by atoms with Crippen LogP contribution in [0.15, 0.2) is 30.3 Å². The lowest BCUT2D eigenvalue weighted by molar-refractivity contribution is -0.139. The zero-order chi connectivity index (χ0) is 11.1. The second-order valence-corrected chi connectivity index (χ2v) is 3.18. The molecule has 0 fully saturated rings. The fourth-order valence-electron chi connectivity index (χ4n) is 1.05. The molecule has 0 aliphatic rings. The van der Waals surface area contributed by atoms with Crippen LogP contribution in [0.3, 0.4) is 0 Å². The summed E-state index contributed by atoms with van der Waals surface area (Å²) in [7, 11) is 0. The summed E-state index contributed by atoms with van der Waals surface area (Å²) < 4.78 is 5.38. The molecule has 0 heterocycles. The summed E-state index contributed by atoms with van der Waals surface area (Å²) in [5.41, 5.74) is 0. The molecule has 0 unspecified atom stereocenters. The molecule has 1 aromatic carbocycles. The Kier molecular flexibility index (Phi) is 4.63. The maximum atomic E-state index is 10.5. The number of nitrogens with one attached hydrogen (secondary N) is 1. The van der Waals surface area contributed by atoms with Crippen molar-refractivity contribution in [2.75, 3.05) is 13.2 Å². The van der Waals surface area contributed by atoms with Gasteiger partial charge in [0.05, 0.1) is 0 Å². The topological polar surface area (TPSA) is 58.6 Å². The summed E-state index contributed by atoms with van der Waals surface area (Å²) in [6, 6.07) is 8.88. The van der Waals surface area contributed by atoms with Crippen LogP contribution in [-0.2, 0) is 4.79 Å². The van der Waals surface area contributed by atoms with Crippen molar-refractivity contribution in [2.24, 2.45) is 0 Å². The Hall–Kier alpha value is -1.55. The number of hydrogen-bond acceptors (Lipinski definition) is 3. The molecule has 1 rings (SSSR count). The first kappa shape index (κ1) is 11.5. The Morgan fingerprint density at radius 1 is 1.47 bits per heavy atom. The molecule has 0 bridgehead atoms. The van der Waals surface area contributed by atoms with Crippen molar-refractivity contribution in [1.29, 1.82) is 0 Å². The van der Waals surface area contributed by atoms with E-state index in [9.17, 15) is 4.79 Å². The van der Waals surface area contributed by atoms with Gasteiger partial charge in [-0.25, -0.2) is 0 Å². The normalized spacial score (nSPS) is 12.1. The van der Waals surface area contributed by atoms with Crippen LogP contribution in [-0.4, -0.2) is 30.3 Å². The number of carboxylic acid groups (broad SMARTS) is 1. The van der Waals surface area contributed by atoms with Crippen molar-refractivity contribution in [3.63, 3.8) is 0 Å². The molecule has 4 nitrogen and oxygen atoms in total. The summed E-state index contributed by atoms with van der Waals surface area (Å²) in [6.07, 6.45) is 0. The summed E-state index contributed by atoms with van der Waals surface area (Å²) in [5, 5.41) is 11.4. The quantitative estimate of drug-likeness (QED) is 0.689. The maximum Gasteiger partial charge on any atom is 0.320 e. The molecule has 1 atom stereocenters. The first-order chi connectivity index (χ1) is 7.20. The standard InChI is InChI=1S/C11H15NO3/c1-9(11(13)14)12-7-8-15-10-5-3-2-4-6-10/h2-6,9,12H,7-8H2,1H3,(H,13,14)/t9-/m0/s1. The SMILES string of the molecule is C[C@H](NCCOc1ccccc1)C(=O)O. The third-order valence-electron chi connectivity index (χ3n) is 1.93. The number of hydrogen-bond donors (Lipinski definition) is 2. The van der Waals surface area contributed by atoms with Crippen LogP contribution in [0.4, 0.5) is 0 Å². The van der Waals surface area contributed by atoms with Crippen molar-refractivity contribution in [1.82, 2.24) is 5.32 Å². The molecule has 4 heteroatoms. The number of ether oxygens (including phenoxy) is 1. The fraction of sp³-hybridized carbons (Fsp3) is 0.364. The van der Waals surface area contributed by atoms with Crippen molar-refractivity contribution in [3.8, 4) is 5.75 Å². The molecule has 1 aromatic rings. The van der Waals surface area contributed by atoms with Gasteiger partial charge in [-0.05, 0) is 19.1 Å². The lowest BCUT2D eigenvalue weighted by Gasteiger charge is -2.09. The second kappa shape index (κ2) is 6.03. The van der Waals surface area contributed by atoms with Crippen molar-refractivity contribution in [3.05, 3.63) is 30.3 Å². The molecule has 15 heavy (non-hydrogen) atoms. The van der Waals surface area contributed by atoms with E-state index in [1.165, 1.54) is 0 Å². The highest BCUT2D eigenvalue weighted by atomic mass is 16.5. The number of aliphatic carboxylic acids is 1. The first-order valence-corrected chi connectivity index (χ1v) is 4.84. The van der Waals surface area contributed by atoms with Crippen LogP contribution < -0.4 is 10.1 Å². The summed E-state index contributed by atoms with van der Waals surface area (Å²) in [5.74, 6) is -0.0583. The average molecular weight is 209 g/mol. The van der Waals surface area contributed by atoms with E-state index in [1.807, 2.05) is 30.3 Å². The molecule has 0 aliphatic heterocycles. The van der Waals surface area contributed by atoms with Crippen LogP contribution >= 0.6 is 0 Å². The molecule has 82 valence electrons. The van der Waals surface area contributed by atoms with Gasteiger partial charge in [-0.2, -0.15) is 0 Å². The van der Waals surface area contributed by atoms with Gasteiger partial charge in [0.1, 0.15) is 18.4 Å². The van der Waals surface area contributed by atoms with E-state index in [4.69, 9.17) is 9.84 Å². The molecule has 0 aliphatic carbocycles. The number of benzene rings is 1. The second-order valence-electron chi connectivity index (χ2n) is 3.18. The molecule has 0 aromatic heterocycles. The van der Waals surface area contributed by atoms with E-state index in [1.54, 1.807) is 6.92 Å². The molecule has 0 saturated carbocycles. The molecule has 0 radical (unpaired) electrons. The Balaban J connectivity index is 2.15. The van der Waals surface area contributed by atoms with Gasteiger partial charge < -0.3 is 15.2 Å². The van der Waals surface area contributed by atoms with E-state index in [0.717, 1.165) is 5.75 Å². The lowest BCUT2D eigenvalue weighted by atomic mass is 10.3. The largest absolute Gasteiger partial charge is 0.492 e. The minimum absolute atomic E-state index is 0.460. The van der Waals surface area contributed by atoms with Gasteiger partial charge in [0.15, 0.2) is 0 Å². The number of para-hydroxylation sites is 1. The lowest BCUT2D eigenvalue weighted by Crippen LogP contribution is -2.36. The van der Waals surface area contributed by atoms with E-state index in [-0.39, 0.29) is 0 Å². The minimum Gasteiger partial charge on any atom is -0.492 e. The van der Waals surface area contributed by atoms with Gasteiger partial charge in [-0.1, -0.05) is 18.2 Å². The Bertz CT molecular complexity index is 300. The maximum absolute atomic E-state index is 10.5. The predicted octanol–water partition coefficient (Wildman–Crippen LogP) is 1.13. The van der Waals surface area contributed by atoms with Crippen LogP contribution in [0, 0.1) is 0 Å². The van der Waals surface area contributed by atoms with E-state index in [0.29, 0.717) is 13.2 Å². The van der Waals surface area contributed by atoms with Crippen LogP contribution in [0.25, 0.3) is 0 Å². The summed E-state index contributed by atoms with van der Waals surface area (Å²) in [4.78, 5) is 10.5. The third kappa shape index (κ3) is 4.46. The third-order valence-corrected chi connectivity index (χ3v) is 1.93. The molecule has 0 amide bonds. The smallest absolute Gasteiger partial charge is 0.320 e. The molecule has 0 spiro atoms. The summed E-state index contributed by atoms with van der Waals surface area (Å²) in [6.45, 7) is 2.58. The van der Waals surface area contributed by atoms with Crippen LogP contribution in [0.2, 0.25) is 0 Å². The van der Waals surface area contributed by atoms with Gasteiger partial charge in [0, 0.05) is 6.54 Å². The molecular formula is C11H15NO3. The minimum atomic E-state index is -0.852. The van der Waals surface area contributed by atoms with Gasteiger partial charge in [-0.3, -0.25) is 4.79 Å². The number of rotatable bonds is 6. The van der Waals surface area contributed by atoms with Gasteiger partial charge in [0.2, 0.25) is 0 Å².